The van der Waals surface area contributed by atoms with E-state index in [0.29, 0.717) is 23.6 Å². The molecule has 2 saturated heterocycles. The molecule has 0 unspecified atom stereocenters. The first kappa shape index (κ1) is 29.0. The van der Waals surface area contributed by atoms with Crippen LogP contribution in [0, 0.1) is 0 Å². The summed E-state index contributed by atoms with van der Waals surface area (Å²) in [7, 11) is 4.08. The summed E-state index contributed by atoms with van der Waals surface area (Å²) in [5, 5.41) is 17.5. The number of anilines is 3. The average molecular weight is 584 g/mol. The third-order valence-electron chi connectivity index (χ3n) is 9.04. The zero-order valence-corrected chi connectivity index (χ0v) is 25.3. The van der Waals surface area contributed by atoms with Crippen LogP contribution >= 0.6 is 0 Å². The second kappa shape index (κ2) is 11.9. The fraction of sp³-hybridized carbons (Fsp3) is 0.438. The van der Waals surface area contributed by atoms with Gasteiger partial charge in [0.15, 0.2) is 0 Å². The molecule has 6 heterocycles. The highest BCUT2D eigenvalue weighted by atomic mass is 16.3. The SMILES string of the molecule is C=Nc1c(/C(=C\C)c2ncc(Nc3ccc(N4CCC(O)(CN5CCN(C)CC5)CC4)cn3)c3c2CNC3=O)ccn1C. The number of aromatic nitrogens is 3. The number of aliphatic imine (C=N–C) groups is 1. The van der Waals surface area contributed by atoms with Crippen molar-refractivity contribution in [3.05, 3.63) is 65.2 Å². The van der Waals surface area contributed by atoms with Crippen LogP contribution in [0.15, 0.2) is 47.9 Å². The summed E-state index contributed by atoms with van der Waals surface area (Å²) in [6.45, 7) is 12.5. The van der Waals surface area contributed by atoms with Crippen molar-refractivity contribution >= 4 is 41.2 Å². The summed E-state index contributed by atoms with van der Waals surface area (Å²) in [4.78, 5) is 33.7. The van der Waals surface area contributed by atoms with Crippen molar-refractivity contribution in [2.45, 2.75) is 31.9 Å². The number of likely N-dealkylation sites (N-methyl/N-ethyl adjacent to an activating group) is 1. The van der Waals surface area contributed by atoms with Gasteiger partial charge in [0.25, 0.3) is 5.91 Å². The number of hydrogen-bond donors (Lipinski definition) is 3. The molecule has 3 aliphatic heterocycles. The second-order valence-corrected chi connectivity index (χ2v) is 11.9. The number of pyridine rings is 2. The molecule has 2 fully saturated rings. The normalized spacial score (nSPS) is 19.3. The van der Waals surface area contributed by atoms with Crippen molar-refractivity contribution in [1.29, 1.82) is 0 Å². The van der Waals surface area contributed by atoms with Gasteiger partial charge < -0.3 is 30.1 Å². The van der Waals surface area contributed by atoms with Gasteiger partial charge in [-0.05, 0) is 51.7 Å². The maximum absolute atomic E-state index is 13.0. The Labute approximate surface area is 252 Å². The van der Waals surface area contributed by atoms with E-state index in [4.69, 9.17) is 4.98 Å². The molecule has 0 saturated carbocycles. The van der Waals surface area contributed by atoms with Gasteiger partial charge in [-0.1, -0.05) is 6.08 Å². The van der Waals surface area contributed by atoms with E-state index in [0.717, 1.165) is 92.6 Å². The van der Waals surface area contributed by atoms with Gasteiger partial charge in [-0.15, -0.1) is 0 Å². The molecule has 11 heteroatoms. The highest BCUT2D eigenvalue weighted by Crippen LogP contribution is 2.37. The van der Waals surface area contributed by atoms with Crippen molar-refractivity contribution in [3.63, 3.8) is 0 Å². The Morgan fingerprint density at radius 3 is 2.56 bits per heavy atom. The molecule has 3 aromatic rings. The summed E-state index contributed by atoms with van der Waals surface area (Å²) in [5.41, 5.74) is 4.99. The van der Waals surface area contributed by atoms with Gasteiger partial charge in [-0.2, -0.15) is 0 Å². The van der Waals surface area contributed by atoms with Gasteiger partial charge in [0.05, 0.1) is 40.6 Å². The number of carbonyl (C=O) groups excluding carboxylic acids is 1. The third-order valence-corrected chi connectivity index (χ3v) is 9.04. The van der Waals surface area contributed by atoms with E-state index in [-0.39, 0.29) is 5.91 Å². The molecule has 0 atom stereocenters. The minimum atomic E-state index is -0.640. The van der Waals surface area contributed by atoms with Crippen LogP contribution in [0.2, 0.25) is 0 Å². The molecule has 0 aliphatic carbocycles. The van der Waals surface area contributed by atoms with Gasteiger partial charge in [0.1, 0.15) is 11.6 Å². The molecule has 0 spiro atoms. The van der Waals surface area contributed by atoms with Crippen LogP contribution in [-0.4, -0.2) is 101 Å². The molecule has 3 aliphatic rings. The summed E-state index contributed by atoms with van der Waals surface area (Å²) >= 11 is 0. The number of nitrogens with zero attached hydrogens (tertiary/aromatic N) is 7. The lowest BCUT2D eigenvalue weighted by molar-refractivity contribution is -0.0250. The summed E-state index contributed by atoms with van der Waals surface area (Å²) < 4.78 is 1.92. The van der Waals surface area contributed by atoms with E-state index in [2.05, 4.69) is 49.1 Å². The van der Waals surface area contributed by atoms with Gasteiger partial charge in [-0.25, -0.2) is 9.98 Å². The van der Waals surface area contributed by atoms with Crippen molar-refractivity contribution < 1.29 is 9.90 Å². The first-order valence-corrected chi connectivity index (χ1v) is 15.0. The molecule has 0 bridgehead atoms. The maximum atomic E-state index is 13.0. The number of amides is 1. The average Bonchev–Trinajstić information content (AvgIpc) is 3.59. The highest BCUT2D eigenvalue weighted by Gasteiger charge is 2.35. The number of rotatable bonds is 8. The second-order valence-electron chi connectivity index (χ2n) is 11.9. The number of β-amino-alcohol motifs (C(OH)–C–C–N with tert-alkyl or cyclic N) is 1. The van der Waals surface area contributed by atoms with E-state index in [1.807, 2.05) is 55.2 Å². The lowest BCUT2D eigenvalue weighted by atomic mass is 9.90. The van der Waals surface area contributed by atoms with E-state index < -0.39 is 5.60 Å². The number of allylic oxidation sites excluding steroid dienone is 1. The van der Waals surface area contributed by atoms with Gasteiger partial charge >= 0.3 is 0 Å². The van der Waals surface area contributed by atoms with Crippen LogP contribution in [0.3, 0.4) is 0 Å². The van der Waals surface area contributed by atoms with E-state index in [1.165, 1.54) is 0 Å². The number of carbonyl (C=O) groups is 1. The Morgan fingerprint density at radius 2 is 1.88 bits per heavy atom. The third kappa shape index (κ3) is 5.80. The number of fused-ring (bicyclic) bond motifs is 1. The number of piperidine rings is 1. The minimum Gasteiger partial charge on any atom is -0.388 e. The fourth-order valence-corrected chi connectivity index (χ4v) is 6.46. The molecule has 1 amide bonds. The van der Waals surface area contributed by atoms with Crippen LogP contribution in [0.25, 0.3) is 5.57 Å². The Bertz CT molecular complexity index is 1530. The van der Waals surface area contributed by atoms with E-state index >= 15 is 0 Å². The Hall–Kier alpha value is -4.06. The molecule has 43 heavy (non-hydrogen) atoms. The van der Waals surface area contributed by atoms with Crippen LogP contribution in [0.5, 0.6) is 0 Å². The fourth-order valence-electron chi connectivity index (χ4n) is 6.46. The smallest absolute Gasteiger partial charge is 0.254 e. The predicted molar refractivity (Wildman–Crippen MR) is 171 cm³/mol. The largest absolute Gasteiger partial charge is 0.388 e. The lowest BCUT2D eigenvalue weighted by Gasteiger charge is -2.43. The van der Waals surface area contributed by atoms with Crippen molar-refractivity contribution in [3.8, 4) is 0 Å². The van der Waals surface area contributed by atoms with Crippen molar-refractivity contribution in [2.75, 3.05) is 63.1 Å². The Morgan fingerprint density at radius 1 is 1.12 bits per heavy atom. The molecular formula is C32H41N9O2. The zero-order chi connectivity index (χ0) is 30.1. The summed E-state index contributed by atoms with van der Waals surface area (Å²) in [5.74, 6) is 1.25. The number of aryl methyl sites for hydroxylation is 1. The van der Waals surface area contributed by atoms with Gasteiger partial charge in [0, 0.05) is 82.3 Å². The van der Waals surface area contributed by atoms with Crippen LogP contribution in [-0.2, 0) is 13.6 Å². The number of hydrogen-bond acceptors (Lipinski definition) is 9. The van der Waals surface area contributed by atoms with E-state index in [1.54, 1.807) is 6.20 Å². The standard InChI is InChI=1S/C32H41N9O2/c1-5-23(24-8-11-39(4)30(24)33-2)29-25-19-36-31(42)28(25)26(20-35-29)37-27-7-6-22(18-34-27)41-12-9-32(43,10-13-41)21-40-16-14-38(3)15-17-40/h5-8,11,18,20,43H,2,9-10,12-17,19,21H2,1,3-4H3,(H,34,37)(H,36,42)/b23-5+. The van der Waals surface area contributed by atoms with Crippen LogP contribution < -0.4 is 15.5 Å². The zero-order valence-electron chi connectivity index (χ0n) is 25.3. The highest BCUT2D eigenvalue weighted by molar-refractivity contribution is 6.05. The molecular weight excluding hydrogens is 542 g/mol. The number of piperazine rings is 1. The number of nitrogens with one attached hydrogen (secondary N) is 2. The first-order chi connectivity index (χ1) is 20.8. The van der Waals surface area contributed by atoms with Crippen LogP contribution in [0.4, 0.5) is 23.0 Å². The van der Waals surface area contributed by atoms with Crippen LogP contribution in [0.1, 0.15) is 46.9 Å². The van der Waals surface area contributed by atoms with Gasteiger partial charge in [-0.3, -0.25) is 14.7 Å². The molecule has 11 nitrogen and oxygen atoms in total. The molecule has 3 aromatic heterocycles. The van der Waals surface area contributed by atoms with Gasteiger partial charge in [0.2, 0.25) is 0 Å². The molecule has 0 aromatic carbocycles. The summed E-state index contributed by atoms with van der Waals surface area (Å²) in [6.07, 6.45) is 8.97. The Balaban J connectivity index is 1.14. The first-order valence-electron chi connectivity index (χ1n) is 15.0. The lowest BCUT2D eigenvalue weighted by Crippen LogP contribution is -2.54. The monoisotopic (exact) mass is 583 g/mol. The Kier molecular flexibility index (Phi) is 8.04. The summed E-state index contributed by atoms with van der Waals surface area (Å²) in [6, 6.07) is 5.96. The molecule has 3 N–H and O–H groups in total. The molecule has 0 radical (unpaired) electrons. The molecule has 226 valence electrons. The number of aliphatic hydroxyl groups is 1. The van der Waals surface area contributed by atoms with Crippen molar-refractivity contribution in [1.82, 2.24) is 29.7 Å². The molecule has 6 rings (SSSR count). The predicted octanol–water partition coefficient (Wildman–Crippen LogP) is 3.16. The minimum absolute atomic E-state index is 0.138. The van der Waals surface area contributed by atoms with Crippen molar-refractivity contribution in [2.24, 2.45) is 12.0 Å². The quantitative estimate of drug-likeness (QED) is 0.347. The van der Waals surface area contributed by atoms with E-state index in [9.17, 15) is 9.90 Å². The topological polar surface area (TPSA) is 114 Å². The maximum Gasteiger partial charge on any atom is 0.254 e.